The number of methoxy groups -OCH3 is 1. The van der Waals surface area contributed by atoms with Crippen molar-refractivity contribution in [3.8, 4) is 11.5 Å². The van der Waals surface area contributed by atoms with E-state index in [9.17, 15) is 14.9 Å². The molecule has 1 aliphatic rings. The van der Waals surface area contributed by atoms with Gasteiger partial charge in [0.2, 0.25) is 0 Å². The Labute approximate surface area is 170 Å². The molecule has 0 bridgehead atoms. The van der Waals surface area contributed by atoms with Crippen LogP contribution in [0, 0.1) is 16.0 Å². The van der Waals surface area contributed by atoms with Crippen LogP contribution in [0.5, 0.6) is 11.5 Å². The van der Waals surface area contributed by atoms with Gasteiger partial charge in [-0.15, -0.1) is 11.3 Å². The predicted molar refractivity (Wildman–Crippen MR) is 110 cm³/mol. The number of hydrogen-bond donors (Lipinski definition) is 1. The maximum atomic E-state index is 12.8. The molecule has 8 nitrogen and oxygen atoms in total. The zero-order chi connectivity index (χ0) is 20.7. The number of aryl methyl sites for hydroxylation is 1. The minimum absolute atomic E-state index is 0.0883. The Balaban J connectivity index is 1.69. The van der Waals surface area contributed by atoms with Gasteiger partial charge in [-0.3, -0.25) is 14.9 Å². The molecule has 0 aliphatic heterocycles. The first-order valence-corrected chi connectivity index (χ1v) is 10.2. The molecule has 2 aromatic heterocycles. The first kappa shape index (κ1) is 19.4. The molecule has 0 radical (unpaired) electrons. The highest BCUT2D eigenvalue weighted by atomic mass is 32.1. The molecule has 0 spiro atoms. The number of thiophene rings is 1. The molecule has 1 N–H and O–H groups in total. The Bertz CT molecular complexity index is 1150. The van der Waals surface area contributed by atoms with Crippen LogP contribution in [0.1, 0.15) is 42.6 Å². The summed E-state index contributed by atoms with van der Waals surface area (Å²) in [7, 11) is 1.44. The maximum Gasteiger partial charge on any atom is 0.314 e. The van der Waals surface area contributed by atoms with Crippen LogP contribution in [0.15, 0.2) is 23.0 Å². The first-order valence-electron chi connectivity index (χ1n) is 9.41. The van der Waals surface area contributed by atoms with E-state index in [2.05, 4.69) is 16.9 Å². The Morgan fingerprint density at radius 2 is 2.21 bits per heavy atom. The average Bonchev–Trinajstić information content (AvgIpc) is 3.05. The third-order valence-electron chi connectivity index (χ3n) is 5.24. The molecule has 1 aliphatic carbocycles. The summed E-state index contributed by atoms with van der Waals surface area (Å²) in [5.41, 5.74) is 0.722. The van der Waals surface area contributed by atoms with Crippen LogP contribution in [-0.4, -0.2) is 22.0 Å². The average molecular weight is 415 g/mol. The van der Waals surface area contributed by atoms with Gasteiger partial charge in [-0.2, -0.15) is 0 Å². The van der Waals surface area contributed by atoms with E-state index in [1.165, 1.54) is 24.1 Å². The Hall–Kier alpha value is -2.94. The second-order valence-corrected chi connectivity index (χ2v) is 8.42. The number of nitrogens with zero attached hydrogens (tertiary/aromatic N) is 2. The normalized spacial score (nSPS) is 17.0. The summed E-state index contributed by atoms with van der Waals surface area (Å²) in [6, 6.07) is 4.37. The highest BCUT2D eigenvalue weighted by Crippen LogP contribution is 2.37. The number of aromatic amines is 1. The van der Waals surface area contributed by atoms with Gasteiger partial charge in [0.05, 0.1) is 23.5 Å². The summed E-state index contributed by atoms with van der Waals surface area (Å²) in [5, 5.41) is 12.0. The number of nitrogens with one attached hydrogen (secondary N) is 1. The van der Waals surface area contributed by atoms with Crippen LogP contribution < -0.4 is 15.0 Å². The van der Waals surface area contributed by atoms with Gasteiger partial charge < -0.3 is 14.5 Å². The van der Waals surface area contributed by atoms with Crippen LogP contribution in [0.4, 0.5) is 5.69 Å². The first-order chi connectivity index (χ1) is 13.9. The van der Waals surface area contributed by atoms with Crippen molar-refractivity contribution in [2.75, 3.05) is 7.11 Å². The molecule has 0 saturated heterocycles. The van der Waals surface area contributed by atoms with E-state index in [1.54, 1.807) is 24.3 Å². The van der Waals surface area contributed by atoms with Crippen LogP contribution >= 0.6 is 11.3 Å². The van der Waals surface area contributed by atoms with Crippen LogP contribution in [0.3, 0.4) is 0 Å². The molecule has 1 aromatic carbocycles. The topological polar surface area (TPSA) is 107 Å². The second-order valence-electron chi connectivity index (χ2n) is 7.33. The summed E-state index contributed by atoms with van der Waals surface area (Å²) in [5.74, 6) is 1.40. The van der Waals surface area contributed by atoms with Gasteiger partial charge in [0.25, 0.3) is 5.56 Å². The van der Waals surface area contributed by atoms with E-state index >= 15 is 0 Å². The molecule has 0 unspecified atom stereocenters. The molecule has 0 fully saturated rings. The smallest absolute Gasteiger partial charge is 0.314 e. The molecule has 2 heterocycles. The standard InChI is InChI=1S/C20H21N3O5S/c1-10-4-6-13-16(8-10)29-20-17(13)19(24)21-18(22-20)11(2)28-15-7-5-12(27-3)9-14(15)23(25)26/h5,7,9-11H,4,6,8H2,1-3H3,(H,21,22,24)/t10-,11-/m1/s1. The van der Waals surface area contributed by atoms with Crippen LogP contribution in [0.2, 0.25) is 0 Å². The zero-order valence-electron chi connectivity index (χ0n) is 16.4. The summed E-state index contributed by atoms with van der Waals surface area (Å²) in [4.78, 5) is 33.0. The van der Waals surface area contributed by atoms with Gasteiger partial charge in [0.15, 0.2) is 17.7 Å². The fourth-order valence-corrected chi connectivity index (χ4v) is 5.06. The number of hydrogen-bond acceptors (Lipinski definition) is 7. The number of nitro benzene ring substituents is 1. The van der Waals surface area contributed by atoms with Gasteiger partial charge in [0, 0.05) is 4.88 Å². The van der Waals surface area contributed by atoms with Crippen molar-refractivity contribution >= 4 is 27.2 Å². The van der Waals surface area contributed by atoms with Crippen molar-refractivity contribution in [2.45, 2.75) is 39.2 Å². The fourth-order valence-electron chi connectivity index (χ4n) is 3.67. The molecular weight excluding hydrogens is 394 g/mol. The van der Waals surface area contributed by atoms with E-state index in [0.29, 0.717) is 27.7 Å². The SMILES string of the molecule is COc1ccc(O[C@H](C)c2nc3sc4c(c3c(=O)[nH]2)CC[C@@H](C)C4)c([N+](=O)[O-])c1. The molecule has 29 heavy (non-hydrogen) atoms. The number of fused-ring (bicyclic) bond motifs is 3. The molecule has 0 amide bonds. The maximum absolute atomic E-state index is 12.8. The van der Waals surface area contributed by atoms with E-state index in [1.807, 2.05) is 0 Å². The lowest BCUT2D eigenvalue weighted by Gasteiger charge is -2.17. The van der Waals surface area contributed by atoms with Crippen LogP contribution in [0.25, 0.3) is 10.2 Å². The van der Waals surface area contributed by atoms with Crippen molar-refractivity contribution in [3.05, 3.63) is 54.9 Å². The zero-order valence-corrected chi connectivity index (χ0v) is 17.2. The van der Waals surface area contributed by atoms with Gasteiger partial charge in [-0.1, -0.05) is 6.92 Å². The minimum atomic E-state index is -0.669. The lowest BCUT2D eigenvalue weighted by molar-refractivity contribution is -0.386. The van der Waals surface area contributed by atoms with E-state index in [0.717, 1.165) is 24.8 Å². The Kier molecular flexibility index (Phi) is 4.99. The van der Waals surface area contributed by atoms with Crippen molar-refractivity contribution in [3.63, 3.8) is 0 Å². The summed E-state index contributed by atoms with van der Waals surface area (Å²) in [6.45, 7) is 3.92. The summed E-state index contributed by atoms with van der Waals surface area (Å²) < 4.78 is 10.8. The monoisotopic (exact) mass is 415 g/mol. The van der Waals surface area contributed by atoms with Gasteiger partial charge in [0.1, 0.15) is 10.6 Å². The summed E-state index contributed by atoms with van der Waals surface area (Å²) in [6.07, 6.45) is 2.26. The number of rotatable bonds is 5. The quantitative estimate of drug-likeness (QED) is 0.495. The number of benzene rings is 1. The molecule has 0 saturated carbocycles. The lowest BCUT2D eigenvalue weighted by Crippen LogP contribution is -2.17. The molecular formula is C20H21N3O5S. The molecule has 9 heteroatoms. The number of H-pyrrole nitrogens is 1. The van der Waals surface area contributed by atoms with Gasteiger partial charge in [-0.05, 0) is 49.8 Å². The second kappa shape index (κ2) is 7.47. The number of aromatic nitrogens is 2. The van der Waals surface area contributed by atoms with E-state index < -0.39 is 11.0 Å². The van der Waals surface area contributed by atoms with E-state index in [-0.39, 0.29) is 17.0 Å². The third-order valence-corrected chi connectivity index (χ3v) is 6.38. The highest BCUT2D eigenvalue weighted by molar-refractivity contribution is 7.18. The minimum Gasteiger partial charge on any atom is -0.496 e. The third kappa shape index (κ3) is 3.57. The Morgan fingerprint density at radius 1 is 1.41 bits per heavy atom. The van der Waals surface area contributed by atoms with Crippen molar-refractivity contribution in [1.29, 1.82) is 0 Å². The predicted octanol–water partition coefficient (Wildman–Crippen LogP) is 4.17. The van der Waals surface area contributed by atoms with Crippen molar-refractivity contribution < 1.29 is 14.4 Å². The fraction of sp³-hybridized carbons (Fsp3) is 0.400. The van der Waals surface area contributed by atoms with E-state index in [4.69, 9.17) is 9.47 Å². The van der Waals surface area contributed by atoms with Crippen molar-refractivity contribution in [2.24, 2.45) is 5.92 Å². The summed E-state index contributed by atoms with van der Waals surface area (Å²) >= 11 is 1.56. The molecule has 3 aromatic rings. The van der Waals surface area contributed by atoms with Gasteiger partial charge >= 0.3 is 5.69 Å². The Morgan fingerprint density at radius 3 is 2.93 bits per heavy atom. The highest BCUT2D eigenvalue weighted by Gasteiger charge is 2.25. The van der Waals surface area contributed by atoms with Crippen molar-refractivity contribution in [1.82, 2.24) is 9.97 Å². The number of ether oxygens (including phenoxy) is 2. The van der Waals surface area contributed by atoms with Gasteiger partial charge in [-0.25, -0.2) is 4.98 Å². The number of nitro groups is 1. The molecule has 152 valence electrons. The van der Waals surface area contributed by atoms with Crippen LogP contribution in [-0.2, 0) is 12.8 Å². The lowest BCUT2D eigenvalue weighted by atomic mass is 9.89. The largest absolute Gasteiger partial charge is 0.496 e. The molecule has 2 atom stereocenters. The molecule has 4 rings (SSSR count).